The number of halogens is 2. The molecule has 2 aromatic rings. The Morgan fingerprint density at radius 3 is 2.35 bits per heavy atom. The lowest BCUT2D eigenvalue weighted by Crippen LogP contribution is -2.37. The third-order valence-corrected chi connectivity index (χ3v) is 4.62. The number of benzene rings is 2. The van der Waals surface area contributed by atoms with Gasteiger partial charge in [0.2, 0.25) is 5.91 Å². The molecule has 0 aliphatic rings. The summed E-state index contributed by atoms with van der Waals surface area (Å²) in [5.41, 5.74) is 2.69. The van der Waals surface area contributed by atoms with E-state index in [1.807, 2.05) is 32.0 Å². The van der Waals surface area contributed by atoms with Crippen molar-refractivity contribution in [2.45, 2.75) is 13.8 Å². The minimum Gasteiger partial charge on any atom is -0.482 e. The van der Waals surface area contributed by atoms with Crippen molar-refractivity contribution in [3.8, 4) is 5.75 Å². The quantitative estimate of drug-likeness (QED) is 0.802. The van der Waals surface area contributed by atoms with Crippen LogP contribution in [0.15, 0.2) is 36.4 Å². The van der Waals surface area contributed by atoms with Crippen LogP contribution < -0.4 is 10.1 Å². The van der Waals surface area contributed by atoms with Crippen molar-refractivity contribution >= 4 is 40.7 Å². The van der Waals surface area contributed by atoms with E-state index in [0.717, 1.165) is 16.8 Å². The number of hydrogen-bond acceptors (Lipinski definition) is 3. The predicted molar refractivity (Wildman–Crippen MR) is 104 cm³/mol. The number of anilines is 1. The summed E-state index contributed by atoms with van der Waals surface area (Å²) in [6.07, 6.45) is 0. The molecule has 0 unspecified atom stereocenters. The highest BCUT2D eigenvalue weighted by molar-refractivity contribution is 6.42. The summed E-state index contributed by atoms with van der Waals surface area (Å²) >= 11 is 11.9. The minimum absolute atomic E-state index is 0.0841. The molecule has 2 aromatic carbocycles. The lowest BCUT2D eigenvalue weighted by Gasteiger charge is -2.18. The molecule has 2 amide bonds. The monoisotopic (exact) mass is 394 g/mol. The Morgan fingerprint density at radius 1 is 1.08 bits per heavy atom. The highest BCUT2D eigenvalue weighted by Crippen LogP contribution is 2.31. The van der Waals surface area contributed by atoms with Gasteiger partial charge in [0, 0.05) is 12.7 Å². The van der Waals surface area contributed by atoms with E-state index in [0.29, 0.717) is 10.8 Å². The number of likely N-dealkylation sites (N-methyl/N-ethyl adjacent to an activating group) is 1. The number of carbonyl (C=O) groups excluding carboxylic acids is 2. The molecule has 0 saturated carbocycles. The van der Waals surface area contributed by atoms with Crippen LogP contribution in [0.2, 0.25) is 10.0 Å². The van der Waals surface area contributed by atoms with Gasteiger partial charge in [-0.25, -0.2) is 0 Å². The average Bonchev–Trinajstić information content (AvgIpc) is 2.59. The summed E-state index contributed by atoms with van der Waals surface area (Å²) in [6.45, 7) is 3.51. The Balaban J connectivity index is 1.90. The molecule has 0 heterocycles. The highest BCUT2D eigenvalue weighted by Gasteiger charge is 2.16. The van der Waals surface area contributed by atoms with Crippen LogP contribution in [0.4, 0.5) is 5.69 Å². The normalized spacial score (nSPS) is 10.3. The maximum atomic E-state index is 12.2. The molecule has 2 rings (SSSR count). The van der Waals surface area contributed by atoms with Gasteiger partial charge in [-0.15, -0.1) is 0 Å². The zero-order valence-electron chi connectivity index (χ0n) is 14.8. The van der Waals surface area contributed by atoms with Crippen molar-refractivity contribution in [2.75, 3.05) is 25.5 Å². The van der Waals surface area contributed by atoms with Crippen molar-refractivity contribution in [1.29, 1.82) is 0 Å². The number of nitrogens with one attached hydrogen (secondary N) is 1. The minimum atomic E-state index is -0.349. The second-order valence-electron chi connectivity index (χ2n) is 5.91. The second-order valence-corrected chi connectivity index (χ2v) is 6.69. The third kappa shape index (κ3) is 5.13. The van der Waals surface area contributed by atoms with E-state index in [1.165, 1.54) is 11.9 Å². The van der Waals surface area contributed by atoms with Gasteiger partial charge in [-0.2, -0.15) is 0 Å². The predicted octanol–water partition coefficient (Wildman–Crippen LogP) is 4.09. The van der Waals surface area contributed by atoms with Gasteiger partial charge in [-0.3, -0.25) is 9.59 Å². The van der Waals surface area contributed by atoms with Gasteiger partial charge >= 0.3 is 0 Å². The first-order valence-corrected chi connectivity index (χ1v) is 8.72. The van der Waals surface area contributed by atoms with Gasteiger partial charge in [0.15, 0.2) is 6.61 Å². The van der Waals surface area contributed by atoms with E-state index < -0.39 is 0 Å². The van der Waals surface area contributed by atoms with Crippen molar-refractivity contribution in [3.05, 3.63) is 57.6 Å². The van der Waals surface area contributed by atoms with Gasteiger partial charge < -0.3 is 15.0 Å². The molecule has 7 heteroatoms. The number of rotatable bonds is 6. The largest absolute Gasteiger partial charge is 0.482 e. The Kier molecular flexibility index (Phi) is 6.89. The fourth-order valence-corrected chi connectivity index (χ4v) is 2.69. The first-order valence-electron chi connectivity index (χ1n) is 7.96. The van der Waals surface area contributed by atoms with Crippen LogP contribution in [0.3, 0.4) is 0 Å². The molecule has 0 bridgehead atoms. The molecule has 5 nitrogen and oxygen atoms in total. The van der Waals surface area contributed by atoms with Gasteiger partial charge in [0.05, 0.1) is 11.6 Å². The Morgan fingerprint density at radius 2 is 1.69 bits per heavy atom. The van der Waals surface area contributed by atoms with Crippen LogP contribution in [0.25, 0.3) is 0 Å². The molecular formula is C19H20Cl2N2O3. The maximum Gasteiger partial charge on any atom is 0.260 e. The maximum absolute atomic E-state index is 12.2. The molecule has 0 spiro atoms. The van der Waals surface area contributed by atoms with Crippen molar-refractivity contribution < 1.29 is 14.3 Å². The van der Waals surface area contributed by atoms with E-state index >= 15 is 0 Å². The molecular weight excluding hydrogens is 375 g/mol. The van der Waals surface area contributed by atoms with Crippen LogP contribution in [0.5, 0.6) is 5.75 Å². The van der Waals surface area contributed by atoms with E-state index in [1.54, 1.807) is 18.2 Å². The molecule has 0 aliphatic carbocycles. The fourth-order valence-electron chi connectivity index (χ4n) is 2.34. The first-order chi connectivity index (χ1) is 12.3. The molecule has 0 aromatic heterocycles. The van der Waals surface area contributed by atoms with Gasteiger partial charge in [-0.05, 0) is 37.1 Å². The number of ether oxygens (including phenoxy) is 1. The van der Waals surface area contributed by atoms with Crippen LogP contribution in [-0.2, 0) is 9.59 Å². The summed E-state index contributed by atoms with van der Waals surface area (Å²) in [5.74, 6) is -0.308. The van der Waals surface area contributed by atoms with E-state index in [-0.39, 0.29) is 30.0 Å². The zero-order chi connectivity index (χ0) is 19.3. The average molecular weight is 395 g/mol. The van der Waals surface area contributed by atoms with Gasteiger partial charge in [0.1, 0.15) is 10.8 Å². The molecule has 26 heavy (non-hydrogen) atoms. The molecule has 0 saturated heterocycles. The Bertz CT molecular complexity index is 804. The second kappa shape index (κ2) is 8.92. The van der Waals surface area contributed by atoms with Crippen molar-refractivity contribution in [2.24, 2.45) is 0 Å². The van der Waals surface area contributed by atoms with Crippen molar-refractivity contribution in [3.63, 3.8) is 0 Å². The third-order valence-electron chi connectivity index (χ3n) is 3.82. The molecule has 0 aliphatic heterocycles. The van der Waals surface area contributed by atoms with E-state index in [4.69, 9.17) is 27.9 Å². The number of hydrogen-bond donors (Lipinski definition) is 1. The molecule has 0 atom stereocenters. The van der Waals surface area contributed by atoms with Crippen LogP contribution in [0.1, 0.15) is 11.1 Å². The van der Waals surface area contributed by atoms with E-state index in [2.05, 4.69) is 5.32 Å². The number of para-hydroxylation sites is 1. The first kappa shape index (κ1) is 20.1. The van der Waals surface area contributed by atoms with Crippen molar-refractivity contribution in [1.82, 2.24) is 4.90 Å². The fraction of sp³-hybridized carbons (Fsp3) is 0.263. The Hall–Kier alpha value is -2.24. The highest BCUT2D eigenvalue weighted by atomic mass is 35.5. The molecule has 0 fully saturated rings. The lowest BCUT2D eigenvalue weighted by molar-refractivity contribution is -0.135. The van der Waals surface area contributed by atoms with Crippen LogP contribution in [0, 0.1) is 13.8 Å². The smallest absolute Gasteiger partial charge is 0.260 e. The Labute approximate surface area is 162 Å². The van der Waals surface area contributed by atoms with Crippen LogP contribution in [-0.4, -0.2) is 36.9 Å². The summed E-state index contributed by atoms with van der Waals surface area (Å²) < 4.78 is 5.40. The topological polar surface area (TPSA) is 58.6 Å². The standard InChI is InChI=1S/C19H20Cl2N2O3/c1-12-6-4-7-13(2)19(12)22-16(24)10-23(3)17(25)11-26-15-9-5-8-14(20)18(15)21/h4-9H,10-11H2,1-3H3,(H,22,24). The SMILES string of the molecule is Cc1cccc(C)c1NC(=O)CN(C)C(=O)COc1cccc(Cl)c1Cl. The summed E-state index contributed by atoms with van der Waals surface area (Å²) in [6, 6.07) is 10.7. The zero-order valence-corrected chi connectivity index (χ0v) is 16.3. The summed E-state index contributed by atoms with van der Waals surface area (Å²) in [5, 5.41) is 3.44. The number of amides is 2. The lowest BCUT2D eigenvalue weighted by atomic mass is 10.1. The number of carbonyl (C=O) groups is 2. The molecule has 1 N–H and O–H groups in total. The summed E-state index contributed by atoms with van der Waals surface area (Å²) in [4.78, 5) is 25.7. The summed E-state index contributed by atoms with van der Waals surface area (Å²) in [7, 11) is 1.54. The van der Waals surface area contributed by atoms with Crippen LogP contribution >= 0.6 is 23.2 Å². The van der Waals surface area contributed by atoms with E-state index in [9.17, 15) is 9.59 Å². The molecule has 138 valence electrons. The van der Waals surface area contributed by atoms with Gasteiger partial charge in [-0.1, -0.05) is 47.5 Å². The number of nitrogens with zero attached hydrogens (tertiary/aromatic N) is 1. The van der Waals surface area contributed by atoms with Gasteiger partial charge in [0.25, 0.3) is 5.91 Å². The number of aryl methyl sites for hydroxylation is 2. The molecule has 0 radical (unpaired) electrons.